The summed E-state index contributed by atoms with van der Waals surface area (Å²) < 4.78 is 10.9. The molecule has 1 fully saturated rings. The van der Waals surface area contributed by atoms with Gasteiger partial charge in [-0.2, -0.15) is 0 Å². The van der Waals surface area contributed by atoms with E-state index in [9.17, 15) is 4.79 Å². The molecule has 1 aromatic rings. The maximum atomic E-state index is 12.1. The topological polar surface area (TPSA) is 47.6 Å². The number of rotatable bonds is 5. The molecule has 0 aromatic heterocycles. The first kappa shape index (κ1) is 15.3. The van der Waals surface area contributed by atoms with Crippen molar-refractivity contribution >= 4 is 5.91 Å². The molecule has 3 aliphatic rings. The highest BCUT2D eigenvalue weighted by atomic mass is 16.7. The van der Waals surface area contributed by atoms with Crippen molar-refractivity contribution in [1.29, 1.82) is 0 Å². The molecule has 1 amide bonds. The van der Waals surface area contributed by atoms with Crippen molar-refractivity contribution in [3.05, 3.63) is 48.1 Å². The first-order valence-electron chi connectivity index (χ1n) is 8.76. The molecule has 1 N–H and O–H groups in total. The number of amides is 1. The van der Waals surface area contributed by atoms with Crippen LogP contribution in [0.25, 0.3) is 0 Å². The lowest BCUT2D eigenvalue weighted by Crippen LogP contribution is -2.48. The van der Waals surface area contributed by atoms with E-state index < -0.39 is 0 Å². The van der Waals surface area contributed by atoms with Gasteiger partial charge in [-0.3, -0.25) is 4.79 Å². The second-order valence-electron chi connectivity index (χ2n) is 6.80. The highest BCUT2D eigenvalue weighted by molar-refractivity contribution is 5.76. The second kappa shape index (κ2) is 6.34. The van der Waals surface area contributed by atoms with Crippen LogP contribution in [0.15, 0.2) is 42.5 Å². The van der Waals surface area contributed by atoms with Crippen LogP contribution in [0.5, 0.6) is 11.5 Å². The minimum atomic E-state index is 0.166. The van der Waals surface area contributed by atoms with Crippen molar-refractivity contribution in [3.63, 3.8) is 0 Å². The van der Waals surface area contributed by atoms with Crippen LogP contribution in [0.3, 0.4) is 0 Å². The molecule has 0 radical (unpaired) electrons. The van der Waals surface area contributed by atoms with Gasteiger partial charge < -0.3 is 14.8 Å². The summed E-state index contributed by atoms with van der Waals surface area (Å²) in [5.74, 6) is 3.77. The fourth-order valence-corrected chi connectivity index (χ4v) is 4.32. The van der Waals surface area contributed by atoms with Crippen molar-refractivity contribution in [1.82, 2.24) is 5.32 Å². The molecule has 126 valence electrons. The third kappa shape index (κ3) is 2.70. The van der Waals surface area contributed by atoms with Gasteiger partial charge in [-0.1, -0.05) is 30.4 Å². The van der Waals surface area contributed by atoms with E-state index in [1.54, 1.807) is 0 Å². The molecule has 0 unspecified atom stereocenters. The summed E-state index contributed by atoms with van der Waals surface area (Å²) in [6, 6.07) is 6.19. The summed E-state index contributed by atoms with van der Waals surface area (Å²) in [4.78, 5) is 12.1. The number of hydrogen-bond acceptors (Lipinski definition) is 3. The number of carbonyl (C=O) groups excluding carboxylic acids is 1. The molecule has 1 saturated carbocycles. The molecule has 0 spiro atoms. The molecule has 4 rings (SSSR count). The lowest BCUT2D eigenvalue weighted by atomic mass is 9.53. The summed E-state index contributed by atoms with van der Waals surface area (Å²) in [5.41, 5.74) is 1.26. The van der Waals surface area contributed by atoms with Gasteiger partial charge in [-0.15, -0.1) is 0 Å². The highest BCUT2D eigenvalue weighted by Crippen LogP contribution is 2.52. The molecule has 0 saturated heterocycles. The molecule has 4 nitrogen and oxygen atoms in total. The van der Waals surface area contributed by atoms with Crippen LogP contribution in [0.1, 0.15) is 18.9 Å². The Morgan fingerprint density at radius 1 is 1.12 bits per heavy atom. The summed E-state index contributed by atoms with van der Waals surface area (Å²) in [5, 5.41) is 2.94. The first-order valence-corrected chi connectivity index (χ1v) is 8.76. The Balaban J connectivity index is 1.50. The number of fused-ring (bicyclic) bond motifs is 2. The van der Waals surface area contributed by atoms with Crippen LogP contribution < -0.4 is 14.8 Å². The van der Waals surface area contributed by atoms with Crippen molar-refractivity contribution in [2.75, 3.05) is 13.3 Å². The predicted octanol–water partition coefficient (Wildman–Crippen LogP) is 3.09. The van der Waals surface area contributed by atoms with Gasteiger partial charge in [0.25, 0.3) is 0 Å². The average Bonchev–Trinajstić information content (AvgIpc) is 3.06. The third-order valence-corrected chi connectivity index (χ3v) is 5.46. The van der Waals surface area contributed by atoms with E-state index in [4.69, 9.17) is 9.47 Å². The fourth-order valence-electron chi connectivity index (χ4n) is 4.32. The molecular weight excluding hydrogens is 302 g/mol. The second-order valence-corrected chi connectivity index (χ2v) is 6.80. The van der Waals surface area contributed by atoms with Gasteiger partial charge in [0.2, 0.25) is 12.7 Å². The van der Waals surface area contributed by atoms with Crippen molar-refractivity contribution < 1.29 is 14.3 Å². The zero-order valence-corrected chi connectivity index (χ0v) is 13.9. The van der Waals surface area contributed by atoms with E-state index in [0.717, 1.165) is 17.9 Å². The quantitative estimate of drug-likeness (QED) is 0.905. The Hall–Kier alpha value is -2.23. The van der Waals surface area contributed by atoms with Crippen LogP contribution >= 0.6 is 0 Å². The smallest absolute Gasteiger partial charge is 0.231 e. The van der Waals surface area contributed by atoms with Crippen molar-refractivity contribution in [2.45, 2.75) is 19.8 Å². The predicted molar refractivity (Wildman–Crippen MR) is 91.8 cm³/mol. The lowest BCUT2D eigenvalue weighted by molar-refractivity contribution is -0.125. The number of hydrogen-bond donors (Lipinski definition) is 1. The SMILES string of the molecule is CCNC(=O)C[C@@H]1[C@@H]2C=CC=C[C@@H]2[C@H]1Cc1ccc2c(c1)OCO2. The van der Waals surface area contributed by atoms with Crippen LogP contribution in [0, 0.1) is 23.7 Å². The molecule has 4 atom stereocenters. The lowest BCUT2D eigenvalue weighted by Gasteiger charge is -2.51. The minimum absolute atomic E-state index is 0.166. The van der Waals surface area contributed by atoms with Gasteiger partial charge in [-0.25, -0.2) is 0 Å². The number of ether oxygens (including phenoxy) is 2. The van der Waals surface area contributed by atoms with E-state index >= 15 is 0 Å². The normalized spacial score (nSPS) is 29.0. The summed E-state index contributed by atoms with van der Waals surface area (Å²) in [6.45, 7) is 2.97. The number of nitrogens with one attached hydrogen (secondary N) is 1. The van der Waals surface area contributed by atoms with Gasteiger partial charge in [0.05, 0.1) is 0 Å². The molecule has 1 heterocycles. The fraction of sp³-hybridized carbons (Fsp3) is 0.450. The minimum Gasteiger partial charge on any atom is -0.454 e. The Morgan fingerprint density at radius 3 is 2.67 bits per heavy atom. The van der Waals surface area contributed by atoms with Crippen LogP contribution in [-0.2, 0) is 11.2 Å². The van der Waals surface area contributed by atoms with Gasteiger partial charge in [-0.05, 0) is 54.7 Å². The standard InChI is InChI=1S/C20H23NO3/c1-2-21-20(22)11-17-15-6-4-3-5-14(15)16(17)9-13-7-8-18-19(10-13)24-12-23-18/h3-8,10,14-17H,2,9,11-12H2,1H3,(H,21,22)/t14-,15+,16+,17+/m0/s1. The average molecular weight is 325 g/mol. The Bertz CT molecular complexity index is 694. The maximum absolute atomic E-state index is 12.1. The van der Waals surface area contributed by atoms with E-state index in [0.29, 0.717) is 43.4 Å². The number of allylic oxidation sites excluding steroid dienone is 4. The van der Waals surface area contributed by atoms with E-state index in [-0.39, 0.29) is 5.91 Å². The molecule has 2 aliphatic carbocycles. The largest absolute Gasteiger partial charge is 0.454 e. The van der Waals surface area contributed by atoms with Gasteiger partial charge in [0.15, 0.2) is 11.5 Å². The zero-order chi connectivity index (χ0) is 16.5. The maximum Gasteiger partial charge on any atom is 0.231 e. The first-order chi connectivity index (χ1) is 11.8. The molecule has 4 heteroatoms. The van der Waals surface area contributed by atoms with Crippen LogP contribution in [0.4, 0.5) is 0 Å². The summed E-state index contributed by atoms with van der Waals surface area (Å²) in [6.07, 6.45) is 10.4. The van der Waals surface area contributed by atoms with E-state index in [1.165, 1.54) is 5.56 Å². The summed E-state index contributed by atoms with van der Waals surface area (Å²) in [7, 11) is 0. The Kier molecular flexibility index (Phi) is 4.05. The van der Waals surface area contributed by atoms with Gasteiger partial charge in [0, 0.05) is 13.0 Å². The molecule has 1 aromatic carbocycles. The Morgan fingerprint density at radius 2 is 1.88 bits per heavy atom. The third-order valence-electron chi connectivity index (χ3n) is 5.46. The van der Waals surface area contributed by atoms with Gasteiger partial charge in [0.1, 0.15) is 0 Å². The van der Waals surface area contributed by atoms with Crippen molar-refractivity contribution in [3.8, 4) is 11.5 Å². The molecule has 1 aliphatic heterocycles. The molecule has 24 heavy (non-hydrogen) atoms. The van der Waals surface area contributed by atoms with Crippen molar-refractivity contribution in [2.24, 2.45) is 23.7 Å². The van der Waals surface area contributed by atoms with E-state index in [2.05, 4.69) is 41.8 Å². The zero-order valence-electron chi connectivity index (χ0n) is 13.9. The Labute approximate surface area is 142 Å². The van der Waals surface area contributed by atoms with Crippen LogP contribution in [0.2, 0.25) is 0 Å². The number of carbonyl (C=O) groups is 1. The monoisotopic (exact) mass is 325 g/mol. The summed E-state index contributed by atoms with van der Waals surface area (Å²) >= 11 is 0. The number of benzene rings is 1. The van der Waals surface area contributed by atoms with E-state index in [1.807, 2.05) is 13.0 Å². The van der Waals surface area contributed by atoms with Gasteiger partial charge >= 0.3 is 0 Å². The van der Waals surface area contributed by atoms with Crippen LogP contribution in [-0.4, -0.2) is 19.2 Å². The highest BCUT2D eigenvalue weighted by Gasteiger charge is 2.48. The molecule has 0 bridgehead atoms. The molecular formula is C20H23NO3.